The Morgan fingerprint density at radius 1 is 1.16 bits per heavy atom. The molecule has 1 amide bonds. The first kappa shape index (κ1) is 19.5. The number of amides is 1. The van der Waals surface area contributed by atoms with Gasteiger partial charge in [0.05, 0.1) is 18.3 Å². The maximum atomic E-state index is 13.5. The van der Waals surface area contributed by atoms with Crippen LogP contribution in [0.2, 0.25) is 0 Å². The fourth-order valence-corrected chi connectivity index (χ4v) is 3.49. The molecule has 9 nitrogen and oxygen atoms in total. The maximum Gasteiger partial charge on any atom is 0.412 e. The summed E-state index contributed by atoms with van der Waals surface area (Å²) in [5.41, 5.74) is 3.05. The number of hydrogen-bond donors (Lipinski definition) is 2. The van der Waals surface area contributed by atoms with Crippen LogP contribution in [-0.4, -0.2) is 37.5 Å². The van der Waals surface area contributed by atoms with E-state index in [1.807, 2.05) is 28.9 Å². The minimum atomic E-state index is -0.583. The molecule has 3 heterocycles. The van der Waals surface area contributed by atoms with Gasteiger partial charge in [-0.25, -0.2) is 18.7 Å². The maximum absolute atomic E-state index is 13.5. The fourth-order valence-electron chi connectivity index (χ4n) is 3.49. The third-order valence-electron chi connectivity index (χ3n) is 4.95. The summed E-state index contributed by atoms with van der Waals surface area (Å²) in [4.78, 5) is 16.0. The number of carbonyl (C=O) groups is 1. The third kappa shape index (κ3) is 3.69. The van der Waals surface area contributed by atoms with Crippen LogP contribution < -0.4 is 15.4 Å². The average molecular weight is 431 g/mol. The Kier molecular flexibility index (Phi) is 4.86. The van der Waals surface area contributed by atoms with Gasteiger partial charge in [0.25, 0.3) is 0 Å². The van der Waals surface area contributed by atoms with Crippen molar-refractivity contribution in [2.75, 3.05) is 12.4 Å². The van der Waals surface area contributed by atoms with E-state index in [0.29, 0.717) is 23.6 Å². The monoisotopic (exact) mass is 431 g/mol. The summed E-state index contributed by atoms with van der Waals surface area (Å²) in [5, 5.41) is 15.2. The molecule has 10 heteroatoms. The van der Waals surface area contributed by atoms with Crippen molar-refractivity contribution >= 4 is 34.0 Å². The van der Waals surface area contributed by atoms with Crippen LogP contribution in [-0.2, 0) is 6.54 Å². The molecular formula is C22H18FN7O2. The molecule has 0 aliphatic carbocycles. The van der Waals surface area contributed by atoms with Gasteiger partial charge in [0.15, 0.2) is 17.1 Å². The predicted octanol–water partition coefficient (Wildman–Crippen LogP) is 3.73. The van der Waals surface area contributed by atoms with Crippen LogP contribution in [0.25, 0.3) is 16.4 Å². The molecular weight excluding hydrogens is 413 g/mol. The number of halogens is 1. The van der Waals surface area contributed by atoms with Crippen LogP contribution in [0, 0.1) is 5.82 Å². The largest absolute Gasteiger partial charge is 0.412 e. The number of benzene rings is 2. The first-order valence-corrected chi connectivity index (χ1v) is 9.79. The van der Waals surface area contributed by atoms with Crippen molar-refractivity contribution in [1.29, 1.82) is 0 Å². The highest BCUT2D eigenvalue weighted by Gasteiger charge is 2.15. The van der Waals surface area contributed by atoms with E-state index in [1.54, 1.807) is 29.0 Å². The van der Waals surface area contributed by atoms with Gasteiger partial charge >= 0.3 is 6.09 Å². The molecule has 0 atom stereocenters. The zero-order valence-electron chi connectivity index (χ0n) is 17.0. The number of rotatable bonds is 5. The number of nitrogens with one attached hydrogen (secondary N) is 2. The molecule has 0 bridgehead atoms. The van der Waals surface area contributed by atoms with Gasteiger partial charge in [-0.15, -0.1) is 0 Å². The summed E-state index contributed by atoms with van der Waals surface area (Å²) in [5.74, 6) is 0.540. The van der Waals surface area contributed by atoms with Gasteiger partial charge in [-0.3, -0.25) is 4.68 Å². The number of anilines is 2. The van der Waals surface area contributed by atoms with Crippen molar-refractivity contribution in [1.82, 2.24) is 29.7 Å². The second-order valence-corrected chi connectivity index (χ2v) is 7.05. The second kappa shape index (κ2) is 7.99. The summed E-state index contributed by atoms with van der Waals surface area (Å²) >= 11 is 0. The molecule has 2 N–H and O–H groups in total. The molecule has 0 fully saturated rings. The molecule has 0 saturated heterocycles. The van der Waals surface area contributed by atoms with Crippen LogP contribution >= 0.6 is 0 Å². The smallest absolute Gasteiger partial charge is 0.408 e. The average Bonchev–Trinajstić information content (AvgIpc) is 3.38. The highest BCUT2D eigenvalue weighted by atomic mass is 19.1. The van der Waals surface area contributed by atoms with Crippen molar-refractivity contribution in [3.8, 4) is 5.75 Å². The zero-order valence-corrected chi connectivity index (χ0v) is 17.0. The van der Waals surface area contributed by atoms with Crippen molar-refractivity contribution in [3.05, 3.63) is 78.6 Å². The van der Waals surface area contributed by atoms with Crippen molar-refractivity contribution in [2.24, 2.45) is 0 Å². The van der Waals surface area contributed by atoms with Gasteiger partial charge in [0.1, 0.15) is 12.1 Å². The lowest BCUT2D eigenvalue weighted by molar-refractivity contribution is 0.203. The lowest BCUT2D eigenvalue weighted by Crippen LogP contribution is -2.22. The van der Waals surface area contributed by atoms with Crippen LogP contribution in [0.1, 0.15) is 5.56 Å². The number of ether oxygens (including phenoxy) is 1. The Morgan fingerprint density at radius 2 is 2.06 bits per heavy atom. The molecule has 3 aromatic heterocycles. The normalized spacial score (nSPS) is 11.1. The van der Waals surface area contributed by atoms with Crippen LogP contribution in [0.5, 0.6) is 5.75 Å². The topological polar surface area (TPSA) is 98.4 Å². The molecule has 32 heavy (non-hydrogen) atoms. The van der Waals surface area contributed by atoms with Gasteiger partial charge < -0.3 is 15.4 Å². The van der Waals surface area contributed by atoms with Crippen LogP contribution in [0.3, 0.4) is 0 Å². The van der Waals surface area contributed by atoms with Gasteiger partial charge in [0.2, 0.25) is 0 Å². The number of nitrogens with zero attached hydrogens (tertiary/aromatic N) is 5. The first-order chi connectivity index (χ1) is 15.6. The number of carbonyl (C=O) groups excluding carboxylic acids is 1. The second-order valence-electron chi connectivity index (χ2n) is 7.05. The zero-order chi connectivity index (χ0) is 22.1. The van der Waals surface area contributed by atoms with Crippen molar-refractivity contribution in [2.45, 2.75) is 6.54 Å². The highest BCUT2D eigenvalue weighted by Crippen LogP contribution is 2.29. The summed E-state index contributed by atoms with van der Waals surface area (Å²) in [7, 11) is 1.49. The van der Waals surface area contributed by atoms with E-state index in [9.17, 15) is 9.18 Å². The van der Waals surface area contributed by atoms with Crippen molar-refractivity contribution < 1.29 is 13.9 Å². The molecule has 160 valence electrons. The van der Waals surface area contributed by atoms with Crippen LogP contribution in [0.4, 0.5) is 20.7 Å². The Labute approximate surface area is 181 Å². The Morgan fingerprint density at radius 3 is 2.91 bits per heavy atom. The minimum Gasteiger partial charge on any atom is -0.408 e. The Balaban J connectivity index is 1.44. The standard InChI is InChI=1S/C22H18FN7O2/c1-24-22(31)32-19-7-8-29-20(19)21(25-13-27-29)28-17-5-6-18-15(10-17)11-26-30(18)12-14-3-2-4-16(23)9-14/h2-11,13H,12H2,1H3,(H,24,31)(H,25,27,28). The molecule has 2 aromatic carbocycles. The van der Waals surface area contributed by atoms with E-state index in [0.717, 1.165) is 22.2 Å². The molecule has 0 aliphatic heterocycles. The number of hydrogen-bond acceptors (Lipinski definition) is 6. The SMILES string of the molecule is CNC(=O)Oc1ccn2ncnc(Nc3ccc4c(cnn4Cc4cccc(F)c4)c3)c12. The van der Waals surface area contributed by atoms with E-state index in [2.05, 4.69) is 25.8 Å². The highest BCUT2D eigenvalue weighted by molar-refractivity contribution is 5.86. The van der Waals surface area contributed by atoms with Gasteiger partial charge in [0, 0.05) is 30.4 Å². The van der Waals surface area contributed by atoms with Gasteiger partial charge in [-0.1, -0.05) is 12.1 Å². The molecule has 0 aliphatic rings. The lowest BCUT2D eigenvalue weighted by Gasteiger charge is -2.09. The van der Waals surface area contributed by atoms with Gasteiger partial charge in [-0.2, -0.15) is 10.2 Å². The molecule has 0 saturated carbocycles. The van der Waals surface area contributed by atoms with Crippen molar-refractivity contribution in [3.63, 3.8) is 0 Å². The molecule has 0 radical (unpaired) electrons. The summed E-state index contributed by atoms with van der Waals surface area (Å²) in [6.45, 7) is 0.463. The molecule has 0 spiro atoms. The van der Waals surface area contributed by atoms with Crippen LogP contribution in [0.15, 0.2) is 67.3 Å². The number of fused-ring (bicyclic) bond motifs is 2. The molecule has 5 rings (SSSR count). The quantitative estimate of drug-likeness (QED) is 0.440. The number of aromatic nitrogens is 5. The third-order valence-corrected chi connectivity index (χ3v) is 4.95. The van der Waals surface area contributed by atoms with E-state index in [-0.39, 0.29) is 5.82 Å². The summed E-state index contributed by atoms with van der Waals surface area (Å²) in [6, 6.07) is 13.9. The summed E-state index contributed by atoms with van der Waals surface area (Å²) < 4.78 is 22.2. The van der Waals surface area contributed by atoms with Gasteiger partial charge in [-0.05, 0) is 35.9 Å². The Hall–Kier alpha value is -4.47. The van der Waals surface area contributed by atoms with E-state index < -0.39 is 6.09 Å². The minimum absolute atomic E-state index is 0.272. The molecule has 5 aromatic rings. The molecule has 0 unspecified atom stereocenters. The lowest BCUT2D eigenvalue weighted by atomic mass is 10.2. The summed E-state index contributed by atoms with van der Waals surface area (Å²) in [6.07, 6.45) is 4.27. The van der Waals surface area contributed by atoms with E-state index in [1.165, 1.54) is 25.5 Å². The first-order valence-electron chi connectivity index (χ1n) is 9.79. The Bertz CT molecular complexity index is 1440. The van der Waals surface area contributed by atoms with E-state index in [4.69, 9.17) is 4.74 Å². The predicted molar refractivity (Wildman–Crippen MR) is 117 cm³/mol. The fraction of sp³-hybridized carbons (Fsp3) is 0.0909. The van der Waals surface area contributed by atoms with E-state index >= 15 is 0 Å².